The highest BCUT2D eigenvalue weighted by Crippen LogP contribution is 2.29. The molecule has 3 aromatic carbocycles. The molecule has 1 N–H and O–H groups in total. The van der Waals surface area contributed by atoms with Gasteiger partial charge in [-0.15, -0.1) is 0 Å². The van der Waals surface area contributed by atoms with Crippen LogP contribution in [0.3, 0.4) is 0 Å². The van der Waals surface area contributed by atoms with Gasteiger partial charge >= 0.3 is 0 Å². The Kier molecular flexibility index (Phi) is 11.7. The second-order valence-electron chi connectivity index (χ2n) is 11.2. The first-order chi connectivity index (χ1) is 20.5. The molecule has 1 saturated carbocycles. The van der Waals surface area contributed by atoms with Gasteiger partial charge in [-0.3, -0.25) is 13.9 Å². The normalized spacial score (nSPS) is 14.3. The number of benzene rings is 3. The van der Waals surface area contributed by atoms with Crippen molar-refractivity contribution < 1.29 is 18.0 Å². The highest BCUT2D eigenvalue weighted by Gasteiger charge is 2.32. The van der Waals surface area contributed by atoms with Crippen LogP contribution in [0, 0.1) is 6.92 Å². The van der Waals surface area contributed by atoms with Crippen LogP contribution in [0.5, 0.6) is 0 Å². The molecule has 10 heteroatoms. The van der Waals surface area contributed by atoms with Crippen LogP contribution in [0.25, 0.3) is 0 Å². The Morgan fingerprint density at radius 1 is 1.00 bits per heavy atom. The van der Waals surface area contributed by atoms with E-state index in [1.54, 1.807) is 30.0 Å². The zero-order valence-electron chi connectivity index (χ0n) is 24.6. The monoisotopic (exact) mass is 687 g/mol. The average molecular weight is 689 g/mol. The first kappa shape index (κ1) is 33.0. The second-order valence-corrected chi connectivity index (χ2v) is 14.4. The topological polar surface area (TPSA) is 86.8 Å². The number of halogens is 2. The molecule has 1 unspecified atom stereocenters. The van der Waals surface area contributed by atoms with E-state index in [9.17, 15) is 18.0 Å². The number of hydrogen-bond acceptors (Lipinski definition) is 4. The van der Waals surface area contributed by atoms with Crippen LogP contribution in [-0.2, 0) is 32.6 Å². The number of carbonyl (C=O) groups excluding carboxylic acids is 2. The fourth-order valence-corrected chi connectivity index (χ4v) is 7.23. The van der Waals surface area contributed by atoms with Crippen molar-refractivity contribution in [2.45, 2.75) is 70.5 Å². The molecule has 1 aliphatic carbocycles. The first-order valence-electron chi connectivity index (χ1n) is 14.6. The number of nitrogens with zero attached hydrogens (tertiary/aromatic N) is 2. The van der Waals surface area contributed by atoms with Crippen molar-refractivity contribution in [3.63, 3.8) is 0 Å². The number of hydrogen-bond donors (Lipinski definition) is 1. The third-order valence-electron chi connectivity index (χ3n) is 7.87. The molecule has 0 aliphatic heterocycles. The van der Waals surface area contributed by atoms with E-state index in [2.05, 4.69) is 21.2 Å². The highest BCUT2D eigenvalue weighted by molar-refractivity contribution is 9.10. The quantitative estimate of drug-likeness (QED) is 0.218. The van der Waals surface area contributed by atoms with E-state index in [0.717, 1.165) is 47.5 Å². The van der Waals surface area contributed by atoms with Gasteiger partial charge in [-0.2, -0.15) is 0 Å². The van der Waals surface area contributed by atoms with Gasteiger partial charge in [-0.1, -0.05) is 88.9 Å². The van der Waals surface area contributed by atoms with E-state index < -0.39 is 16.1 Å². The van der Waals surface area contributed by atoms with E-state index in [-0.39, 0.29) is 43.8 Å². The number of anilines is 1. The van der Waals surface area contributed by atoms with Gasteiger partial charge in [0.15, 0.2) is 0 Å². The van der Waals surface area contributed by atoms with Crippen LogP contribution in [0.1, 0.15) is 55.2 Å². The molecular weight excluding hydrogens is 650 g/mol. The smallest absolute Gasteiger partial charge is 0.243 e. The van der Waals surface area contributed by atoms with Gasteiger partial charge in [0.25, 0.3) is 0 Å². The first-order valence-corrected chi connectivity index (χ1v) is 17.7. The molecule has 0 saturated heterocycles. The predicted octanol–water partition coefficient (Wildman–Crippen LogP) is 6.66. The number of nitrogens with one attached hydrogen (secondary N) is 1. The second kappa shape index (κ2) is 15.2. The van der Waals surface area contributed by atoms with Crippen LogP contribution in [0.4, 0.5) is 5.69 Å². The standard InChI is InChI=1S/C33H39BrClN3O4S/c1-24-29(35)17-9-18-30(24)38(43(2,41)42)20-10-19-32(39)37(23-26-13-8-14-27(34)21-26)31(22-25-11-4-3-5-12-25)33(40)36-28-15-6-7-16-28/h3-5,8-9,11-14,17-18,21,28,31H,6-7,10,15-16,19-20,22-23H2,1-2H3,(H,36,40). The summed E-state index contributed by atoms with van der Waals surface area (Å²) in [5, 5.41) is 3.69. The molecule has 2 amide bonds. The Morgan fingerprint density at radius 3 is 2.35 bits per heavy atom. The highest BCUT2D eigenvalue weighted by atomic mass is 79.9. The number of rotatable bonds is 13. The van der Waals surface area contributed by atoms with Crippen molar-refractivity contribution >= 4 is 55.1 Å². The van der Waals surface area contributed by atoms with E-state index in [0.29, 0.717) is 22.7 Å². The Morgan fingerprint density at radius 2 is 1.67 bits per heavy atom. The SMILES string of the molecule is Cc1c(Cl)cccc1N(CCCC(=O)N(Cc1cccc(Br)c1)C(Cc1ccccc1)C(=O)NC1CCCC1)S(C)(=O)=O. The molecule has 0 bridgehead atoms. The zero-order chi connectivity index (χ0) is 31.0. The molecule has 1 atom stereocenters. The molecule has 4 rings (SSSR count). The van der Waals surface area contributed by atoms with Gasteiger partial charge in [-0.25, -0.2) is 8.42 Å². The maximum Gasteiger partial charge on any atom is 0.243 e. The summed E-state index contributed by atoms with van der Waals surface area (Å²) in [7, 11) is -3.63. The van der Waals surface area contributed by atoms with Gasteiger partial charge in [-0.05, 0) is 67.1 Å². The fraction of sp³-hybridized carbons (Fsp3) is 0.394. The van der Waals surface area contributed by atoms with Gasteiger partial charge in [0.1, 0.15) is 6.04 Å². The minimum Gasteiger partial charge on any atom is -0.352 e. The number of carbonyl (C=O) groups is 2. The summed E-state index contributed by atoms with van der Waals surface area (Å²) in [6.45, 7) is 2.13. The minimum atomic E-state index is -3.63. The Balaban J connectivity index is 1.60. The lowest BCUT2D eigenvalue weighted by Gasteiger charge is -2.33. The van der Waals surface area contributed by atoms with Crippen molar-refractivity contribution in [3.8, 4) is 0 Å². The third-order valence-corrected chi connectivity index (χ3v) is 9.96. The minimum absolute atomic E-state index is 0.0711. The Labute approximate surface area is 268 Å². The molecule has 43 heavy (non-hydrogen) atoms. The van der Waals surface area contributed by atoms with Gasteiger partial charge < -0.3 is 10.2 Å². The predicted molar refractivity (Wildman–Crippen MR) is 177 cm³/mol. The van der Waals surface area contributed by atoms with Gasteiger partial charge in [0.2, 0.25) is 21.8 Å². The molecule has 1 fully saturated rings. The molecule has 230 valence electrons. The molecule has 7 nitrogen and oxygen atoms in total. The van der Waals surface area contributed by atoms with Crippen LogP contribution in [0.2, 0.25) is 5.02 Å². The molecule has 0 spiro atoms. The van der Waals surface area contributed by atoms with Crippen molar-refractivity contribution in [2.24, 2.45) is 0 Å². The summed E-state index contributed by atoms with van der Waals surface area (Å²) in [4.78, 5) is 29.6. The molecule has 3 aromatic rings. The molecule has 0 radical (unpaired) electrons. The van der Waals surface area contributed by atoms with E-state index in [4.69, 9.17) is 11.6 Å². The maximum atomic E-state index is 14.0. The summed E-state index contributed by atoms with van der Waals surface area (Å²) in [6, 6.07) is 22.0. The number of amides is 2. The Hall–Kier alpha value is -2.88. The van der Waals surface area contributed by atoms with E-state index in [1.807, 2.05) is 54.6 Å². The Bertz CT molecular complexity index is 1510. The van der Waals surface area contributed by atoms with Crippen molar-refractivity contribution in [2.75, 3.05) is 17.1 Å². The fourth-order valence-electron chi connectivity index (χ4n) is 5.60. The van der Waals surface area contributed by atoms with Crippen molar-refractivity contribution in [1.29, 1.82) is 0 Å². The lowest BCUT2D eigenvalue weighted by molar-refractivity contribution is -0.141. The molecule has 1 aliphatic rings. The summed E-state index contributed by atoms with van der Waals surface area (Å²) < 4.78 is 27.7. The van der Waals surface area contributed by atoms with Gasteiger partial charge in [0, 0.05) is 41.5 Å². The molecule has 0 aromatic heterocycles. The number of sulfonamides is 1. The van der Waals surface area contributed by atoms with Crippen LogP contribution >= 0.6 is 27.5 Å². The summed E-state index contributed by atoms with van der Waals surface area (Å²) in [6.07, 6.45) is 5.90. The van der Waals surface area contributed by atoms with Crippen LogP contribution in [0.15, 0.2) is 77.3 Å². The molecular formula is C33H39BrClN3O4S. The largest absolute Gasteiger partial charge is 0.352 e. The van der Waals surface area contributed by atoms with Gasteiger partial charge in [0.05, 0.1) is 11.9 Å². The van der Waals surface area contributed by atoms with E-state index in [1.165, 1.54) is 4.31 Å². The third kappa shape index (κ3) is 9.30. The summed E-state index contributed by atoms with van der Waals surface area (Å²) >= 11 is 9.81. The van der Waals surface area contributed by atoms with Crippen molar-refractivity contribution in [3.05, 3.63) is 99.0 Å². The van der Waals surface area contributed by atoms with Crippen LogP contribution < -0.4 is 9.62 Å². The zero-order valence-corrected chi connectivity index (χ0v) is 27.8. The van der Waals surface area contributed by atoms with Crippen molar-refractivity contribution in [1.82, 2.24) is 10.2 Å². The maximum absolute atomic E-state index is 14.0. The lowest BCUT2D eigenvalue weighted by atomic mass is 10.0. The molecule has 0 heterocycles. The average Bonchev–Trinajstić information content (AvgIpc) is 3.47. The summed E-state index contributed by atoms with van der Waals surface area (Å²) in [5.41, 5.74) is 3.00. The van der Waals surface area contributed by atoms with Crippen LogP contribution in [-0.4, -0.2) is 50.0 Å². The van der Waals surface area contributed by atoms with E-state index >= 15 is 0 Å². The summed E-state index contributed by atoms with van der Waals surface area (Å²) in [5.74, 6) is -0.370. The lowest BCUT2D eigenvalue weighted by Crippen LogP contribution is -2.52.